The van der Waals surface area contributed by atoms with Crippen LogP contribution in [0.5, 0.6) is 5.75 Å². The lowest BCUT2D eigenvalue weighted by atomic mass is 9.99. The van der Waals surface area contributed by atoms with Gasteiger partial charge in [0, 0.05) is 10.0 Å². The SMILES string of the molecule is COC(=O)C(O)c1c(Br)cc(C)c(OC)c1C. The number of hydrogen-bond donors (Lipinski definition) is 1. The summed E-state index contributed by atoms with van der Waals surface area (Å²) < 4.78 is 10.4. The van der Waals surface area contributed by atoms with Gasteiger partial charge in [0.2, 0.25) is 0 Å². The van der Waals surface area contributed by atoms with Crippen LogP contribution in [0.15, 0.2) is 10.5 Å². The van der Waals surface area contributed by atoms with Crippen LogP contribution >= 0.6 is 15.9 Å². The standard InChI is InChI=1S/C12H15BrO4/c1-6-5-8(13)9(7(2)11(6)16-3)10(14)12(15)17-4/h5,10,14H,1-4H3. The topological polar surface area (TPSA) is 55.8 Å². The molecule has 5 heteroatoms. The third kappa shape index (κ3) is 2.61. The Balaban J connectivity index is 3.38. The van der Waals surface area contributed by atoms with Gasteiger partial charge in [-0.15, -0.1) is 0 Å². The summed E-state index contributed by atoms with van der Waals surface area (Å²) in [6, 6.07) is 1.80. The van der Waals surface area contributed by atoms with Crippen LogP contribution in [-0.2, 0) is 9.53 Å². The first-order valence-electron chi connectivity index (χ1n) is 5.03. The van der Waals surface area contributed by atoms with E-state index in [-0.39, 0.29) is 0 Å². The number of methoxy groups -OCH3 is 2. The van der Waals surface area contributed by atoms with Crippen LogP contribution in [0.2, 0.25) is 0 Å². The van der Waals surface area contributed by atoms with E-state index >= 15 is 0 Å². The molecule has 0 spiro atoms. The predicted molar refractivity (Wildman–Crippen MR) is 67.1 cm³/mol. The van der Waals surface area contributed by atoms with E-state index < -0.39 is 12.1 Å². The van der Waals surface area contributed by atoms with Crippen molar-refractivity contribution in [3.63, 3.8) is 0 Å². The number of ether oxygens (including phenoxy) is 2. The molecule has 0 bridgehead atoms. The van der Waals surface area contributed by atoms with Gasteiger partial charge in [0.15, 0.2) is 6.10 Å². The maximum Gasteiger partial charge on any atom is 0.339 e. The van der Waals surface area contributed by atoms with Crippen molar-refractivity contribution in [1.29, 1.82) is 0 Å². The second-order valence-electron chi connectivity index (χ2n) is 3.67. The monoisotopic (exact) mass is 302 g/mol. The van der Waals surface area contributed by atoms with Gasteiger partial charge in [0.25, 0.3) is 0 Å². The molecule has 1 N–H and O–H groups in total. The highest BCUT2D eigenvalue weighted by molar-refractivity contribution is 9.10. The van der Waals surface area contributed by atoms with Gasteiger partial charge in [-0.3, -0.25) is 0 Å². The highest BCUT2D eigenvalue weighted by Crippen LogP contribution is 2.36. The molecule has 1 aromatic carbocycles. The summed E-state index contributed by atoms with van der Waals surface area (Å²) >= 11 is 3.34. The lowest BCUT2D eigenvalue weighted by molar-refractivity contribution is -0.150. The van der Waals surface area contributed by atoms with Crippen molar-refractivity contribution < 1.29 is 19.4 Å². The maximum atomic E-state index is 11.4. The Morgan fingerprint density at radius 1 is 1.41 bits per heavy atom. The molecule has 0 aromatic heterocycles. The van der Waals surface area contributed by atoms with E-state index in [1.165, 1.54) is 7.11 Å². The number of esters is 1. The average Bonchev–Trinajstić information content (AvgIpc) is 2.27. The Morgan fingerprint density at radius 2 is 2.00 bits per heavy atom. The molecule has 0 fully saturated rings. The van der Waals surface area contributed by atoms with Crippen molar-refractivity contribution in [1.82, 2.24) is 0 Å². The first kappa shape index (κ1) is 14.0. The van der Waals surface area contributed by atoms with Crippen LogP contribution in [0.1, 0.15) is 22.8 Å². The molecule has 0 saturated heterocycles. The van der Waals surface area contributed by atoms with E-state index in [1.807, 2.05) is 6.92 Å². The number of hydrogen-bond acceptors (Lipinski definition) is 4. The number of benzene rings is 1. The summed E-state index contributed by atoms with van der Waals surface area (Å²) in [5, 5.41) is 9.90. The van der Waals surface area contributed by atoms with Crippen LogP contribution in [0, 0.1) is 13.8 Å². The zero-order valence-corrected chi connectivity index (χ0v) is 11.8. The lowest BCUT2D eigenvalue weighted by Crippen LogP contribution is -2.16. The first-order valence-corrected chi connectivity index (χ1v) is 5.82. The predicted octanol–water partition coefficient (Wildman–Crippen LogP) is 2.28. The first-order chi connectivity index (χ1) is 7.93. The highest BCUT2D eigenvalue weighted by Gasteiger charge is 2.25. The van der Waals surface area contributed by atoms with Crippen molar-refractivity contribution in [3.8, 4) is 5.75 Å². The van der Waals surface area contributed by atoms with Crippen LogP contribution < -0.4 is 4.74 Å². The minimum absolute atomic E-state index is 0.472. The molecule has 0 saturated carbocycles. The quantitative estimate of drug-likeness (QED) is 0.870. The second kappa shape index (κ2) is 5.51. The van der Waals surface area contributed by atoms with Gasteiger partial charge in [-0.25, -0.2) is 4.79 Å². The molecular formula is C12H15BrO4. The van der Waals surface area contributed by atoms with E-state index in [4.69, 9.17) is 4.74 Å². The molecular weight excluding hydrogens is 288 g/mol. The molecule has 1 aromatic rings. The van der Waals surface area contributed by atoms with E-state index in [0.29, 0.717) is 15.8 Å². The highest BCUT2D eigenvalue weighted by atomic mass is 79.9. The third-order valence-electron chi connectivity index (χ3n) is 2.61. The fourth-order valence-electron chi connectivity index (χ4n) is 1.81. The summed E-state index contributed by atoms with van der Waals surface area (Å²) in [6.07, 6.45) is -1.32. The van der Waals surface area contributed by atoms with Gasteiger partial charge in [0.1, 0.15) is 5.75 Å². The molecule has 0 radical (unpaired) electrons. The number of aliphatic hydroxyl groups excluding tert-OH is 1. The van der Waals surface area contributed by atoms with Crippen LogP contribution in [0.25, 0.3) is 0 Å². The fraction of sp³-hybridized carbons (Fsp3) is 0.417. The van der Waals surface area contributed by atoms with Crippen LogP contribution in [-0.4, -0.2) is 25.3 Å². The van der Waals surface area contributed by atoms with E-state index in [2.05, 4.69) is 20.7 Å². The summed E-state index contributed by atoms with van der Waals surface area (Å²) in [4.78, 5) is 11.4. The van der Waals surface area contributed by atoms with Crippen molar-refractivity contribution in [2.75, 3.05) is 14.2 Å². The van der Waals surface area contributed by atoms with Gasteiger partial charge in [-0.05, 0) is 31.0 Å². The van der Waals surface area contributed by atoms with Crippen LogP contribution in [0.3, 0.4) is 0 Å². The van der Waals surface area contributed by atoms with E-state index in [1.54, 1.807) is 20.1 Å². The Kier molecular flexibility index (Phi) is 4.54. The van der Waals surface area contributed by atoms with E-state index in [0.717, 1.165) is 11.1 Å². The molecule has 1 rings (SSSR count). The number of aliphatic hydroxyl groups is 1. The minimum Gasteiger partial charge on any atom is -0.496 e. The smallest absolute Gasteiger partial charge is 0.339 e. The van der Waals surface area contributed by atoms with Crippen molar-refractivity contribution in [3.05, 3.63) is 27.2 Å². The van der Waals surface area contributed by atoms with Gasteiger partial charge in [0.05, 0.1) is 14.2 Å². The Labute approximate surface area is 109 Å². The number of rotatable bonds is 3. The number of carbonyl (C=O) groups excluding carboxylic acids is 1. The number of carbonyl (C=O) groups is 1. The van der Waals surface area contributed by atoms with Crippen molar-refractivity contribution in [2.45, 2.75) is 20.0 Å². The van der Waals surface area contributed by atoms with Gasteiger partial charge in [-0.1, -0.05) is 15.9 Å². The maximum absolute atomic E-state index is 11.4. The largest absolute Gasteiger partial charge is 0.496 e. The summed E-state index contributed by atoms with van der Waals surface area (Å²) in [5.74, 6) is -0.0362. The molecule has 17 heavy (non-hydrogen) atoms. The Hall–Kier alpha value is -1.07. The molecule has 94 valence electrons. The molecule has 0 amide bonds. The lowest BCUT2D eigenvalue weighted by Gasteiger charge is -2.18. The molecule has 0 aliphatic rings. The summed E-state index contributed by atoms with van der Waals surface area (Å²) in [6.45, 7) is 3.68. The molecule has 4 nitrogen and oxygen atoms in total. The van der Waals surface area contributed by atoms with Gasteiger partial charge in [-0.2, -0.15) is 0 Å². The summed E-state index contributed by atoms with van der Waals surface area (Å²) in [5.41, 5.74) is 2.12. The Morgan fingerprint density at radius 3 is 2.47 bits per heavy atom. The van der Waals surface area contributed by atoms with Crippen molar-refractivity contribution >= 4 is 21.9 Å². The summed E-state index contributed by atoms with van der Waals surface area (Å²) in [7, 11) is 2.79. The van der Waals surface area contributed by atoms with E-state index in [9.17, 15) is 9.90 Å². The number of aryl methyl sites for hydroxylation is 1. The second-order valence-corrected chi connectivity index (χ2v) is 4.53. The average molecular weight is 303 g/mol. The molecule has 0 aliphatic carbocycles. The normalized spacial score (nSPS) is 12.1. The molecule has 1 unspecified atom stereocenters. The van der Waals surface area contributed by atoms with Crippen LogP contribution in [0.4, 0.5) is 0 Å². The zero-order chi connectivity index (χ0) is 13.2. The zero-order valence-electron chi connectivity index (χ0n) is 10.2. The van der Waals surface area contributed by atoms with Gasteiger partial charge < -0.3 is 14.6 Å². The van der Waals surface area contributed by atoms with Gasteiger partial charge >= 0.3 is 5.97 Å². The van der Waals surface area contributed by atoms with Crippen molar-refractivity contribution in [2.24, 2.45) is 0 Å². The fourth-order valence-corrected chi connectivity index (χ4v) is 2.67. The molecule has 0 aliphatic heterocycles. The minimum atomic E-state index is -1.32. The number of halogens is 1. The molecule has 1 atom stereocenters. The molecule has 0 heterocycles. The third-order valence-corrected chi connectivity index (χ3v) is 3.26. The Bertz CT molecular complexity index is 443.